The van der Waals surface area contributed by atoms with Gasteiger partial charge < -0.3 is 4.79 Å². The van der Waals surface area contributed by atoms with E-state index in [9.17, 15) is 0 Å². The number of aldehydes is 1. The number of carbonyl (C=O) groups excluding carboxylic acids is 1. The van der Waals surface area contributed by atoms with Gasteiger partial charge in [-0.3, -0.25) is 9.58 Å². The van der Waals surface area contributed by atoms with Gasteiger partial charge in [-0.25, -0.2) is 0 Å². The topological polar surface area (TPSA) is 38.1 Å². The second-order valence-electron chi connectivity index (χ2n) is 10.8. The van der Waals surface area contributed by atoms with Crippen molar-refractivity contribution in [3.63, 3.8) is 0 Å². The number of hydrogen-bond acceptors (Lipinski definition) is 3. The third kappa shape index (κ3) is 6.81. The molecule has 3 fully saturated rings. The van der Waals surface area contributed by atoms with Gasteiger partial charge in [0.15, 0.2) is 0 Å². The van der Waals surface area contributed by atoms with E-state index in [2.05, 4.69) is 59.0 Å². The minimum absolute atomic E-state index is 0.570. The molecular weight excluding hydrogens is 418 g/mol. The summed E-state index contributed by atoms with van der Waals surface area (Å²) in [6.07, 6.45) is 15.0. The predicted octanol–water partition coefficient (Wildman–Crippen LogP) is 7.20. The average molecular weight is 466 g/mol. The minimum atomic E-state index is 0.570. The first-order chi connectivity index (χ1) is 16.5. The van der Waals surface area contributed by atoms with Crippen LogP contribution in [0.5, 0.6) is 0 Å². The van der Waals surface area contributed by atoms with Crippen molar-refractivity contribution < 1.29 is 4.79 Å². The maximum Gasteiger partial charge on any atom is 0.116 e. The summed E-state index contributed by atoms with van der Waals surface area (Å²) in [6.45, 7) is 14.6. The van der Waals surface area contributed by atoms with Crippen LogP contribution in [0.25, 0.3) is 0 Å². The lowest BCUT2D eigenvalue weighted by molar-refractivity contribution is -0.106. The van der Waals surface area contributed by atoms with Gasteiger partial charge in [0.25, 0.3) is 0 Å². The first-order valence-corrected chi connectivity index (χ1v) is 13.7. The summed E-state index contributed by atoms with van der Waals surface area (Å²) < 4.78 is 2.17. The summed E-state index contributed by atoms with van der Waals surface area (Å²) in [4.78, 5) is 11.4. The Morgan fingerprint density at radius 3 is 2.21 bits per heavy atom. The summed E-state index contributed by atoms with van der Waals surface area (Å²) >= 11 is 0. The number of benzene rings is 1. The molecule has 0 unspecified atom stereocenters. The third-order valence-electron chi connectivity index (χ3n) is 8.10. The first kappa shape index (κ1) is 26.7. The van der Waals surface area contributed by atoms with Gasteiger partial charge in [0.2, 0.25) is 0 Å². The number of aromatic nitrogens is 2. The van der Waals surface area contributed by atoms with E-state index in [1.807, 2.05) is 20.0 Å². The third-order valence-corrected chi connectivity index (χ3v) is 8.10. The van der Waals surface area contributed by atoms with Gasteiger partial charge in [0, 0.05) is 19.3 Å². The highest BCUT2D eigenvalue weighted by atomic mass is 16.1. The van der Waals surface area contributed by atoms with Crippen LogP contribution in [-0.2, 0) is 17.9 Å². The van der Waals surface area contributed by atoms with Crippen LogP contribution in [0.3, 0.4) is 0 Å². The second kappa shape index (κ2) is 12.7. The highest BCUT2D eigenvalue weighted by Crippen LogP contribution is 2.61. The van der Waals surface area contributed by atoms with E-state index in [0.717, 1.165) is 36.6 Å². The molecule has 188 valence electrons. The molecule has 1 aromatic carbocycles. The first-order valence-electron chi connectivity index (χ1n) is 13.7. The Bertz CT molecular complexity index is 849. The summed E-state index contributed by atoms with van der Waals surface area (Å²) in [5.74, 6) is 2.19. The Hall–Kier alpha value is -1.94. The van der Waals surface area contributed by atoms with Crippen LogP contribution in [0.15, 0.2) is 36.7 Å². The average Bonchev–Trinajstić information content (AvgIpc) is 3.25. The molecular formula is C30H47N3O. The van der Waals surface area contributed by atoms with E-state index in [1.54, 1.807) is 5.56 Å². The van der Waals surface area contributed by atoms with Crippen LogP contribution in [0.2, 0.25) is 0 Å². The number of hydrogen-bond donors (Lipinski definition) is 0. The van der Waals surface area contributed by atoms with E-state index >= 15 is 0 Å². The smallest absolute Gasteiger partial charge is 0.116 e. The van der Waals surface area contributed by atoms with Crippen molar-refractivity contribution in [3.8, 4) is 0 Å². The van der Waals surface area contributed by atoms with Crippen molar-refractivity contribution in [2.45, 2.75) is 104 Å². The van der Waals surface area contributed by atoms with Gasteiger partial charge >= 0.3 is 0 Å². The van der Waals surface area contributed by atoms with Crippen molar-refractivity contribution >= 4 is 6.29 Å². The van der Waals surface area contributed by atoms with Gasteiger partial charge in [0.1, 0.15) is 6.29 Å². The van der Waals surface area contributed by atoms with Gasteiger partial charge in [-0.2, -0.15) is 5.10 Å². The van der Waals surface area contributed by atoms with Crippen molar-refractivity contribution in [3.05, 3.63) is 53.3 Å². The Morgan fingerprint density at radius 1 is 1.09 bits per heavy atom. The van der Waals surface area contributed by atoms with Crippen molar-refractivity contribution in [2.24, 2.45) is 11.3 Å². The molecule has 1 aliphatic heterocycles. The molecule has 2 heterocycles. The molecule has 0 N–H and O–H groups in total. The Balaban J connectivity index is 0.000000603. The van der Waals surface area contributed by atoms with Gasteiger partial charge in [-0.1, -0.05) is 58.4 Å². The molecule has 5 rings (SSSR count). The zero-order valence-corrected chi connectivity index (χ0v) is 22.3. The summed E-state index contributed by atoms with van der Waals surface area (Å²) in [5.41, 5.74) is 5.21. The quantitative estimate of drug-likeness (QED) is 0.423. The Labute approximate surface area is 208 Å². The number of nitrogens with zero attached hydrogens (tertiary/aromatic N) is 3. The van der Waals surface area contributed by atoms with E-state index < -0.39 is 0 Å². The lowest BCUT2D eigenvalue weighted by Gasteiger charge is -2.54. The zero-order chi connectivity index (χ0) is 24.6. The van der Waals surface area contributed by atoms with Crippen LogP contribution in [0.1, 0.15) is 108 Å². The fourth-order valence-corrected chi connectivity index (χ4v) is 5.83. The van der Waals surface area contributed by atoms with Gasteiger partial charge in [-0.15, -0.1) is 0 Å². The molecule has 3 aliphatic rings. The molecule has 2 aromatic rings. The fraction of sp³-hybridized carbons (Fsp3) is 0.667. The van der Waals surface area contributed by atoms with E-state index in [4.69, 9.17) is 4.79 Å². The number of rotatable bonds is 6. The van der Waals surface area contributed by atoms with Crippen molar-refractivity contribution in [1.29, 1.82) is 0 Å². The Kier molecular flexibility index (Phi) is 9.94. The molecule has 0 bridgehead atoms. The maximum absolute atomic E-state index is 8.81. The highest BCUT2D eigenvalue weighted by molar-refractivity contribution is 5.44. The largest absolute Gasteiger partial charge is 0.304 e. The normalized spacial score (nSPS) is 19.9. The molecule has 0 amide bonds. The van der Waals surface area contributed by atoms with Crippen LogP contribution < -0.4 is 0 Å². The van der Waals surface area contributed by atoms with E-state index in [0.29, 0.717) is 5.92 Å². The molecule has 1 saturated heterocycles. The van der Waals surface area contributed by atoms with Crippen LogP contribution in [0.4, 0.5) is 0 Å². The summed E-state index contributed by atoms with van der Waals surface area (Å²) in [6, 6.07) is 9.62. The Morgan fingerprint density at radius 2 is 1.71 bits per heavy atom. The molecule has 1 spiro atoms. The molecule has 2 saturated carbocycles. The molecule has 0 radical (unpaired) electrons. The lowest BCUT2D eigenvalue weighted by Crippen LogP contribution is -2.41. The van der Waals surface area contributed by atoms with Crippen molar-refractivity contribution in [2.75, 3.05) is 13.1 Å². The fourth-order valence-electron chi connectivity index (χ4n) is 5.83. The second-order valence-corrected chi connectivity index (χ2v) is 10.8. The molecule has 4 heteroatoms. The predicted molar refractivity (Wildman–Crippen MR) is 142 cm³/mol. The summed E-state index contributed by atoms with van der Waals surface area (Å²) in [7, 11) is 0. The summed E-state index contributed by atoms with van der Waals surface area (Å²) in [5, 5.41) is 4.57. The number of likely N-dealkylation sites (tertiary alicyclic amines) is 1. The monoisotopic (exact) mass is 465 g/mol. The van der Waals surface area contributed by atoms with Crippen molar-refractivity contribution in [1.82, 2.24) is 14.7 Å². The maximum atomic E-state index is 8.81. The van der Waals surface area contributed by atoms with Gasteiger partial charge in [0.05, 0.1) is 6.20 Å². The van der Waals surface area contributed by atoms with Gasteiger partial charge in [-0.05, 0) is 98.4 Å². The van der Waals surface area contributed by atoms with Crippen LogP contribution in [0, 0.1) is 11.3 Å². The molecule has 4 nitrogen and oxygen atoms in total. The number of piperidine rings is 1. The zero-order valence-electron chi connectivity index (χ0n) is 22.3. The number of carbonyl (C=O) groups is 1. The standard InChI is InChI=1S/C26H37N3.C2H4O.C2H6/c1-20(2)25-16-27-29(19-25)18-22-8-12-28(13-9-22)17-21-4-6-23(7-5-21)24-14-26(15-24)10-3-11-26;1-2-3;1-2/h4-7,16,19-20,22,24H,3,8-15,17-18H2,1-2H3;2H,1H3;1-2H3. The van der Waals surface area contributed by atoms with E-state index in [1.165, 1.54) is 76.1 Å². The van der Waals surface area contributed by atoms with E-state index in [-0.39, 0.29) is 0 Å². The molecule has 1 aromatic heterocycles. The molecule has 0 atom stereocenters. The highest BCUT2D eigenvalue weighted by Gasteiger charge is 2.48. The minimum Gasteiger partial charge on any atom is -0.304 e. The van der Waals surface area contributed by atoms with Crippen LogP contribution >= 0.6 is 0 Å². The molecule has 2 aliphatic carbocycles. The van der Waals surface area contributed by atoms with Crippen LogP contribution in [-0.4, -0.2) is 34.1 Å². The SMILES string of the molecule is CC.CC(C)c1cnn(CC2CCN(Cc3ccc(C4CC5(CCC5)C4)cc3)CC2)c1.CC=O. The lowest BCUT2D eigenvalue weighted by atomic mass is 9.51. The molecule has 34 heavy (non-hydrogen) atoms.